The zero-order chi connectivity index (χ0) is 9.12. The van der Waals surface area contributed by atoms with Gasteiger partial charge in [-0.3, -0.25) is 0 Å². The Balaban J connectivity index is 4.15. The third kappa shape index (κ3) is 6.20. The van der Waals surface area contributed by atoms with Gasteiger partial charge in [0.15, 0.2) is 0 Å². The van der Waals surface area contributed by atoms with Crippen LogP contribution in [0.25, 0.3) is 0 Å². The molecule has 0 aliphatic rings. The van der Waals surface area contributed by atoms with Crippen molar-refractivity contribution in [3.8, 4) is 0 Å². The second kappa shape index (κ2) is 3.46. The van der Waals surface area contributed by atoms with Gasteiger partial charge >= 0.3 is 0 Å². The van der Waals surface area contributed by atoms with Gasteiger partial charge in [0.1, 0.15) is 0 Å². The van der Waals surface area contributed by atoms with Crippen LogP contribution in [0.15, 0.2) is 0 Å². The lowest BCUT2D eigenvalue weighted by atomic mass is 10.7. The summed E-state index contributed by atoms with van der Waals surface area (Å²) in [5.41, 5.74) is 4.91. The van der Waals surface area contributed by atoms with Gasteiger partial charge in [0.2, 0.25) is 0 Å². The highest BCUT2D eigenvalue weighted by Gasteiger charge is 2.24. The number of hydrogen-bond acceptors (Lipinski definition) is 6. The second-order valence-corrected chi connectivity index (χ2v) is 3.76. The van der Waals surface area contributed by atoms with Crippen molar-refractivity contribution in [2.24, 2.45) is 5.73 Å². The molecule has 0 unspecified atom stereocenters. The van der Waals surface area contributed by atoms with Crippen molar-refractivity contribution >= 4 is 10.1 Å². The van der Waals surface area contributed by atoms with Gasteiger partial charge in [-0.1, -0.05) is 0 Å². The summed E-state index contributed by atoms with van der Waals surface area (Å²) in [7, 11) is -3.91. The molecule has 0 fully saturated rings. The molecular formula is C4H11NO5S. The van der Waals surface area contributed by atoms with Crippen molar-refractivity contribution in [2.45, 2.75) is 12.9 Å². The Labute approximate surface area is 64.7 Å². The molecule has 0 atom stereocenters. The summed E-state index contributed by atoms with van der Waals surface area (Å²) >= 11 is 0. The van der Waals surface area contributed by atoms with Gasteiger partial charge in [-0.2, -0.15) is 8.42 Å². The first-order valence-corrected chi connectivity index (χ1v) is 4.43. The van der Waals surface area contributed by atoms with Gasteiger partial charge in [0.05, 0.1) is 5.75 Å². The molecule has 0 aromatic carbocycles. The molecule has 0 radical (unpaired) electrons. The average Bonchev–Trinajstić information content (AvgIpc) is 1.55. The van der Waals surface area contributed by atoms with E-state index in [0.717, 1.165) is 6.92 Å². The maximum absolute atomic E-state index is 10.6. The Kier molecular flexibility index (Phi) is 3.39. The summed E-state index contributed by atoms with van der Waals surface area (Å²) in [5, 5.41) is 17.0. The van der Waals surface area contributed by atoms with Crippen LogP contribution in [0, 0.1) is 0 Å². The van der Waals surface area contributed by atoms with E-state index < -0.39 is 21.8 Å². The van der Waals surface area contributed by atoms with E-state index in [-0.39, 0.29) is 6.54 Å². The van der Waals surface area contributed by atoms with Crippen LogP contribution in [-0.4, -0.2) is 36.9 Å². The van der Waals surface area contributed by atoms with Crippen molar-refractivity contribution in [2.75, 3.05) is 12.3 Å². The molecular weight excluding hydrogens is 174 g/mol. The topological polar surface area (TPSA) is 110 Å². The molecule has 6 nitrogen and oxygen atoms in total. The fraction of sp³-hybridized carbons (Fsp3) is 1.00. The highest BCUT2D eigenvalue weighted by atomic mass is 32.2. The minimum atomic E-state index is -3.91. The molecule has 0 bridgehead atoms. The highest BCUT2D eigenvalue weighted by Crippen LogP contribution is 2.05. The average molecular weight is 185 g/mol. The SMILES string of the molecule is CC(O)(O)OS(=O)(=O)CCN. The predicted octanol–water partition coefficient (Wildman–Crippen LogP) is -2.05. The van der Waals surface area contributed by atoms with Crippen molar-refractivity contribution in [3.63, 3.8) is 0 Å². The van der Waals surface area contributed by atoms with Crippen LogP contribution >= 0.6 is 0 Å². The van der Waals surface area contributed by atoms with Gasteiger partial charge in [-0.25, -0.2) is 4.18 Å². The molecule has 68 valence electrons. The van der Waals surface area contributed by atoms with E-state index in [4.69, 9.17) is 15.9 Å². The van der Waals surface area contributed by atoms with E-state index in [1.165, 1.54) is 0 Å². The van der Waals surface area contributed by atoms with E-state index in [9.17, 15) is 8.42 Å². The number of nitrogens with two attached hydrogens (primary N) is 1. The monoisotopic (exact) mass is 185 g/mol. The number of aliphatic hydroxyl groups is 2. The first kappa shape index (κ1) is 10.8. The van der Waals surface area contributed by atoms with E-state index in [2.05, 4.69) is 4.18 Å². The van der Waals surface area contributed by atoms with Gasteiger partial charge in [-0.05, 0) is 0 Å². The van der Waals surface area contributed by atoms with Crippen molar-refractivity contribution in [1.82, 2.24) is 0 Å². The van der Waals surface area contributed by atoms with E-state index >= 15 is 0 Å². The molecule has 7 heteroatoms. The quantitative estimate of drug-likeness (QED) is 0.343. The smallest absolute Gasteiger partial charge is 0.290 e. The Morgan fingerprint density at radius 1 is 1.55 bits per heavy atom. The third-order valence-electron chi connectivity index (χ3n) is 0.653. The van der Waals surface area contributed by atoms with Gasteiger partial charge in [0.25, 0.3) is 16.1 Å². The first-order chi connectivity index (χ1) is 4.77. The summed E-state index contributed by atoms with van der Waals surface area (Å²) in [6, 6.07) is 0. The van der Waals surface area contributed by atoms with Crippen LogP contribution < -0.4 is 5.73 Å². The molecule has 0 aliphatic heterocycles. The summed E-state index contributed by atoms with van der Waals surface area (Å²) in [6.07, 6.45) is 0. The lowest BCUT2D eigenvalue weighted by Gasteiger charge is -2.14. The van der Waals surface area contributed by atoms with Gasteiger partial charge < -0.3 is 15.9 Å². The Hall–Kier alpha value is -0.210. The van der Waals surface area contributed by atoms with Gasteiger partial charge in [0, 0.05) is 13.5 Å². The summed E-state index contributed by atoms with van der Waals surface area (Å²) in [6.45, 7) is 0.666. The molecule has 0 aromatic rings. The molecule has 0 aromatic heterocycles. The van der Waals surface area contributed by atoms with Crippen LogP contribution in [0.5, 0.6) is 0 Å². The molecule has 4 N–H and O–H groups in total. The van der Waals surface area contributed by atoms with E-state index in [1.54, 1.807) is 0 Å². The predicted molar refractivity (Wildman–Crippen MR) is 36.8 cm³/mol. The second-order valence-electron chi connectivity index (χ2n) is 2.07. The van der Waals surface area contributed by atoms with Crippen LogP contribution in [0.2, 0.25) is 0 Å². The van der Waals surface area contributed by atoms with Crippen LogP contribution in [0.3, 0.4) is 0 Å². The summed E-state index contributed by atoms with van der Waals surface area (Å²) in [4.78, 5) is 0. The zero-order valence-electron chi connectivity index (χ0n) is 6.02. The molecule has 0 aliphatic carbocycles. The largest absolute Gasteiger partial charge is 0.343 e. The maximum atomic E-state index is 10.6. The summed E-state index contributed by atoms with van der Waals surface area (Å²) < 4.78 is 25.1. The molecule has 0 saturated heterocycles. The lowest BCUT2D eigenvalue weighted by Crippen LogP contribution is -2.33. The third-order valence-corrected chi connectivity index (χ3v) is 1.96. The number of hydrogen-bond donors (Lipinski definition) is 3. The van der Waals surface area contributed by atoms with Crippen molar-refractivity contribution < 1.29 is 22.8 Å². The molecule has 0 heterocycles. The molecule has 0 saturated carbocycles. The minimum Gasteiger partial charge on any atom is -0.343 e. The Bertz CT molecular complexity index is 203. The van der Waals surface area contributed by atoms with Crippen LogP contribution in [0.1, 0.15) is 6.92 Å². The van der Waals surface area contributed by atoms with Crippen LogP contribution in [0.4, 0.5) is 0 Å². The lowest BCUT2D eigenvalue weighted by molar-refractivity contribution is -0.275. The van der Waals surface area contributed by atoms with E-state index in [1.807, 2.05) is 0 Å². The van der Waals surface area contributed by atoms with E-state index in [0.29, 0.717) is 0 Å². The summed E-state index contributed by atoms with van der Waals surface area (Å²) in [5.74, 6) is -3.10. The molecule has 11 heavy (non-hydrogen) atoms. The van der Waals surface area contributed by atoms with Gasteiger partial charge in [-0.15, -0.1) is 0 Å². The number of rotatable bonds is 4. The minimum absolute atomic E-state index is 0.127. The molecule has 0 spiro atoms. The molecule has 0 rings (SSSR count). The molecule has 0 amide bonds. The Morgan fingerprint density at radius 2 is 2.00 bits per heavy atom. The van der Waals surface area contributed by atoms with Crippen molar-refractivity contribution in [3.05, 3.63) is 0 Å². The van der Waals surface area contributed by atoms with Crippen LogP contribution in [-0.2, 0) is 14.3 Å². The normalized spacial score (nSPS) is 13.5. The Morgan fingerprint density at radius 3 is 2.27 bits per heavy atom. The van der Waals surface area contributed by atoms with Crippen molar-refractivity contribution in [1.29, 1.82) is 0 Å². The fourth-order valence-electron chi connectivity index (χ4n) is 0.427. The standard InChI is InChI=1S/C4H11NO5S/c1-4(6,7)10-11(8,9)3-2-5/h6-7H,2-3,5H2,1H3. The first-order valence-electron chi connectivity index (χ1n) is 2.85. The highest BCUT2D eigenvalue weighted by molar-refractivity contribution is 7.86. The zero-order valence-corrected chi connectivity index (χ0v) is 6.84. The fourth-order valence-corrected chi connectivity index (χ4v) is 1.28. The maximum Gasteiger partial charge on any atom is 0.290 e.